The maximum atomic E-state index is 12.8. The Morgan fingerprint density at radius 2 is 1.90 bits per heavy atom. The van der Waals surface area contributed by atoms with Crippen molar-refractivity contribution in [1.82, 2.24) is 19.3 Å². The fourth-order valence-electron chi connectivity index (χ4n) is 3.20. The van der Waals surface area contributed by atoms with Crippen LogP contribution in [0.15, 0.2) is 79.4 Å². The number of benzene rings is 2. The zero-order valence-electron chi connectivity index (χ0n) is 17.0. The molecule has 0 unspecified atom stereocenters. The monoisotopic (exact) mass is 432 g/mol. The van der Waals surface area contributed by atoms with Crippen LogP contribution in [0, 0.1) is 0 Å². The summed E-state index contributed by atoms with van der Waals surface area (Å²) in [7, 11) is 0. The number of halogens is 1. The molecule has 0 amide bonds. The van der Waals surface area contributed by atoms with Crippen LogP contribution in [0.5, 0.6) is 0 Å². The highest BCUT2D eigenvalue weighted by Gasteiger charge is 2.19. The minimum Gasteiger partial charge on any atom is -0.462 e. The summed E-state index contributed by atoms with van der Waals surface area (Å²) in [4.78, 5) is 17.2. The number of rotatable bonds is 7. The van der Waals surface area contributed by atoms with Crippen LogP contribution in [0.1, 0.15) is 23.9 Å². The first-order valence-corrected chi connectivity index (χ1v) is 10.3. The molecular formula is C24H21ClN4O2. The van der Waals surface area contributed by atoms with E-state index in [4.69, 9.17) is 16.3 Å². The van der Waals surface area contributed by atoms with Crippen molar-refractivity contribution >= 4 is 29.2 Å². The highest BCUT2D eigenvalue weighted by Crippen LogP contribution is 2.21. The van der Waals surface area contributed by atoms with Crippen molar-refractivity contribution in [1.29, 1.82) is 0 Å². The van der Waals surface area contributed by atoms with Crippen molar-refractivity contribution in [2.75, 3.05) is 6.61 Å². The quantitative estimate of drug-likeness (QED) is 0.308. The molecule has 0 bridgehead atoms. The molecule has 156 valence electrons. The molecule has 7 heteroatoms. The Bertz CT molecular complexity index is 1190. The predicted molar refractivity (Wildman–Crippen MR) is 121 cm³/mol. The molecule has 0 fully saturated rings. The van der Waals surface area contributed by atoms with Gasteiger partial charge in [-0.05, 0) is 42.8 Å². The average molecular weight is 433 g/mol. The molecular weight excluding hydrogens is 412 g/mol. The molecule has 0 aliphatic heterocycles. The second kappa shape index (κ2) is 9.45. The van der Waals surface area contributed by atoms with E-state index in [-0.39, 0.29) is 6.61 Å². The van der Waals surface area contributed by atoms with Crippen molar-refractivity contribution in [3.63, 3.8) is 0 Å². The number of hydrogen-bond donors (Lipinski definition) is 0. The molecule has 4 rings (SSSR count). The highest BCUT2D eigenvalue weighted by atomic mass is 35.5. The molecule has 0 N–H and O–H groups in total. The number of carbonyl (C=O) groups excluding carboxylic acids is 1. The van der Waals surface area contributed by atoms with Gasteiger partial charge in [0.2, 0.25) is 0 Å². The highest BCUT2D eigenvalue weighted by molar-refractivity contribution is 6.30. The van der Waals surface area contributed by atoms with Crippen molar-refractivity contribution in [2.45, 2.75) is 13.5 Å². The second-order valence-corrected chi connectivity index (χ2v) is 7.27. The molecule has 2 aromatic carbocycles. The van der Waals surface area contributed by atoms with Crippen molar-refractivity contribution in [2.24, 2.45) is 0 Å². The molecule has 2 aromatic heterocycles. The van der Waals surface area contributed by atoms with Crippen molar-refractivity contribution in [3.8, 4) is 5.69 Å². The third-order valence-corrected chi connectivity index (χ3v) is 4.90. The zero-order chi connectivity index (χ0) is 21.6. The lowest BCUT2D eigenvalue weighted by Crippen LogP contribution is -2.12. The number of ether oxygens (including phenoxy) is 1. The molecule has 0 aliphatic rings. The fourth-order valence-corrected chi connectivity index (χ4v) is 3.32. The third kappa shape index (κ3) is 4.92. The van der Waals surface area contributed by atoms with E-state index >= 15 is 0 Å². The zero-order valence-corrected chi connectivity index (χ0v) is 17.7. The first-order valence-electron chi connectivity index (χ1n) is 9.89. The first-order chi connectivity index (χ1) is 15.1. The van der Waals surface area contributed by atoms with Gasteiger partial charge in [0.05, 0.1) is 18.5 Å². The van der Waals surface area contributed by atoms with Crippen LogP contribution in [-0.4, -0.2) is 31.9 Å². The van der Waals surface area contributed by atoms with Gasteiger partial charge in [0.25, 0.3) is 0 Å². The minimum absolute atomic E-state index is 0.277. The molecule has 0 saturated heterocycles. The summed E-state index contributed by atoms with van der Waals surface area (Å²) < 4.78 is 8.96. The standard InChI is InChI=1S/C24H21ClN4O2/c1-2-31-24(30)22(23-26-12-13-28(23)16-18-6-4-3-5-7-18)14-19-15-27-29(17-19)21-10-8-20(25)9-11-21/h3-15,17H,2,16H2,1H3/b22-14-. The summed E-state index contributed by atoms with van der Waals surface area (Å²) in [5.74, 6) is 0.115. The van der Waals surface area contributed by atoms with E-state index in [1.807, 2.05) is 59.4 Å². The van der Waals surface area contributed by atoms with Gasteiger partial charge in [-0.1, -0.05) is 41.9 Å². The van der Waals surface area contributed by atoms with Gasteiger partial charge in [-0.3, -0.25) is 0 Å². The van der Waals surface area contributed by atoms with Crippen LogP contribution in [0.2, 0.25) is 5.02 Å². The van der Waals surface area contributed by atoms with Crippen LogP contribution in [-0.2, 0) is 16.1 Å². The molecule has 4 aromatic rings. The SMILES string of the molecule is CCOC(=O)/C(=C\c1cnn(-c2ccc(Cl)cc2)c1)c1nccn1Cc1ccccc1. The number of esters is 1. The van der Waals surface area contributed by atoms with E-state index in [0.717, 1.165) is 16.8 Å². The fraction of sp³-hybridized carbons (Fsp3) is 0.125. The van der Waals surface area contributed by atoms with Crippen LogP contribution in [0.3, 0.4) is 0 Å². The van der Waals surface area contributed by atoms with Crippen LogP contribution < -0.4 is 0 Å². The summed E-state index contributed by atoms with van der Waals surface area (Å²) >= 11 is 5.97. The van der Waals surface area contributed by atoms with Crippen molar-refractivity contribution < 1.29 is 9.53 Å². The Balaban J connectivity index is 1.68. The van der Waals surface area contributed by atoms with Gasteiger partial charge in [0, 0.05) is 35.7 Å². The molecule has 2 heterocycles. The number of hydrogen-bond acceptors (Lipinski definition) is 4. The number of imidazole rings is 1. The van der Waals surface area contributed by atoms with Gasteiger partial charge >= 0.3 is 5.97 Å². The molecule has 0 spiro atoms. The van der Waals surface area contributed by atoms with E-state index in [1.165, 1.54) is 0 Å². The molecule has 31 heavy (non-hydrogen) atoms. The van der Waals surface area contributed by atoms with Gasteiger partial charge in [-0.2, -0.15) is 5.10 Å². The first kappa shape index (κ1) is 20.6. The third-order valence-electron chi connectivity index (χ3n) is 4.65. The van der Waals surface area contributed by atoms with E-state index in [2.05, 4.69) is 10.1 Å². The number of aromatic nitrogens is 4. The van der Waals surface area contributed by atoms with E-state index < -0.39 is 5.97 Å². The molecule has 0 saturated carbocycles. The van der Waals surface area contributed by atoms with Gasteiger partial charge in [0.15, 0.2) is 0 Å². The Kier molecular flexibility index (Phi) is 6.29. The van der Waals surface area contributed by atoms with E-state index in [9.17, 15) is 4.79 Å². The van der Waals surface area contributed by atoms with Crippen LogP contribution >= 0.6 is 11.6 Å². The normalized spacial score (nSPS) is 11.5. The summed E-state index contributed by atoms with van der Waals surface area (Å²) in [5, 5.41) is 5.05. The topological polar surface area (TPSA) is 61.9 Å². The molecule has 0 aliphatic carbocycles. The van der Waals surface area contributed by atoms with Crippen LogP contribution in [0.25, 0.3) is 17.3 Å². The van der Waals surface area contributed by atoms with E-state index in [1.54, 1.807) is 42.2 Å². The average Bonchev–Trinajstić information content (AvgIpc) is 3.43. The van der Waals surface area contributed by atoms with Gasteiger partial charge in [-0.25, -0.2) is 14.5 Å². The lowest BCUT2D eigenvalue weighted by molar-refractivity contribution is -0.136. The van der Waals surface area contributed by atoms with Gasteiger partial charge < -0.3 is 9.30 Å². The Labute approximate surface area is 185 Å². The number of nitrogens with zero attached hydrogens (tertiary/aromatic N) is 4. The molecule has 0 radical (unpaired) electrons. The second-order valence-electron chi connectivity index (χ2n) is 6.84. The summed E-state index contributed by atoms with van der Waals surface area (Å²) in [5.41, 5.74) is 3.11. The Hall–Kier alpha value is -3.64. The van der Waals surface area contributed by atoms with E-state index in [0.29, 0.717) is 23.0 Å². The smallest absolute Gasteiger partial charge is 0.341 e. The molecule has 0 atom stereocenters. The summed E-state index contributed by atoms with van der Waals surface area (Å²) in [6.45, 7) is 2.65. The maximum absolute atomic E-state index is 12.8. The molecule has 6 nitrogen and oxygen atoms in total. The summed E-state index contributed by atoms with van der Waals surface area (Å²) in [6, 6.07) is 17.4. The maximum Gasteiger partial charge on any atom is 0.341 e. The lowest BCUT2D eigenvalue weighted by atomic mass is 10.1. The largest absolute Gasteiger partial charge is 0.462 e. The number of carbonyl (C=O) groups is 1. The predicted octanol–water partition coefficient (Wildman–Crippen LogP) is 4.87. The van der Waals surface area contributed by atoms with Gasteiger partial charge in [-0.15, -0.1) is 0 Å². The van der Waals surface area contributed by atoms with Crippen molar-refractivity contribution in [3.05, 3.63) is 101 Å². The Morgan fingerprint density at radius 1 is 1.13 bits per heavy atom. The summed E-state index contributed by atoms with van der Waals surface area (Å²) in [6.07, 6.45) is 8.82. The van der Waals surface area contributed by atoms with Gasteiger partial charge in [0.1, 0.15) is 11.4 Å². The minimum atomic E-state index is -0.428. The Morgan fingerprint density at radius 3 is 2.65 bits per heavy atom. The van der Waals surface area contributed by atoms with Crippen LogP contribution in [0.4, 0.5) is 0 Å². The lowest BCUT2D eigenvalue weighted by Gasteiger charge is -2.10.